The molecule has 2 heteroatoms. The molecule has 0 aliphatic heterocycles. The summed E-state index contributed by atoms with van der Waals surface area (Å²) < 4.78 is -0.111. The van der Waals surface area contributed by atoms with Gasteiger partial charge in [-0.1, -0.05) is 0 Å². The fraction of sp³-hybridized carbons (Fsp3) is 1.00. The van der Waals surface area contributed by atoms with Crippen molar-refractivity contribution in [1.29, 1.82) is 0 Å². The van der Waals surface area contributed by atoms with Crippen LogP contribution in [0, 0.1) is 0 Å². The monoisotopic (exact) mass is 108 g/mol. The molecule has 0 aromatic rings. The van der Waals surface area contributed by atoms with Gasteiger partial charge in [-0.25, -0.2) is 0 Å². The maximum atomic E-state index is 3.99. The maximum absolute atomic E-state index is 3.99. The van der Waals surface area contributed by atoms with E-state index in [9.17, 15) is 0 Å². The van der Waals surface area contributed by atoms with Crippen molar-refractivity contribution in [2.24, 2.45) is 0 Å². The van der Waals surface area contributed by atoms with Gasteiger partial charge < -0.3 is 0 Å². The van der Waals surface area contributed by atoms with Crippen LogP contribution >= 0.6 is 25.3 Å². The van der Waals surface area contributed by atoms with Crippen LogP contribution in [0.5, 0.6) is 0 Å². The van der Waals surface area contributed by atoms with Crippen molar-refractivity contribution in [3.05, 3.63) is 0 Å². The molecule has 0 aliphatic carbocycles. The van der Waals surface area contributed by atoms with Crippen LogP contribution in [0.4, 0.5) is 0 Å². The number of thiol groups is 2. The molecule has 0 bridgehead atoms. The van der Waals surface area contributed by atoms with E-state index in [1.807, 2.05) is 13.8 Å². The third kappa shape index (κ3) is 69.9. The number of hydrogen-bond acceptors (Lipinski definition) is 2. The summed E-state index contributed by atoms with van der Waals surface area (Å²) in [6.07, 6.45) is 0. The second-order valence-electron chi connectivity index (χ2n) is 1.49. The minimum Gasteiger partial charge on any atom is -0.162 e. The van der Waals surface area contributed by atoms with Gasteiger partial charge in [-0.05, 0) is 13.8 Å². The van der Waals surface area contributed by atoms with Gasteiger partial charge in [0.15, 0.2) is 0 Å². The van der Waals surface area contributed by atoms with E-state index in [4.69, 9.17) is 0 Å². The first-order valence-electron chi connectivity index (χ1n) is 1.45. The molecule has 0 rings (SSSR count). The Kier molecular flexibility index (Phi) is 1.63. The van der Waals surface area contributed by atoms with E-state index in [-0.39, 0.29) is 4.08 Å². The third-order valence-electron chi connectivity index (χ3n) is 0. The van der Waals surface area contributed by atoms with Crippen molar-refractivity contribution in [3.63, 3.8) is 0 Å². The lowest BCUT2D eigenvalue weighted by atomic mass is 10.6. The first-order valence-corrected chi connectivity index (χ1v) is 2.34. The summed E-state index contributed by atoms with van der Waals surface area (Å²) in [5.74, 6) is 0. The zero-order valence-corrected chi connectivity index (χ0v) is 5.18. The van der Waals surface area contributed by atoms with Gasteiger partial charge in [0, 0.05) is 4.08 Å². The fourth-order valence-corrected chi connectivity index (χ4v) is 0. The molecule has 0 atom stereocenters. The Morgan fingerprint density at radius 2 is 1.20 bits per heavy atom. The average Bonchev–Trinajstić information content (AvgIpc) is 0.722. The highest BCUT2D eigenvalue weighted by Crippen LogP contribution is 2.14. The van der Waals surface area contributed by atoms with Gasteiger partial charge in [0.05, 0.1) is 0 Å². The molecule has 0 spiro atoms. The van der Waals surface area contributed by atoms with Gasteiger partial charge in [-0.2, -0.15) is 25.3 Å². The molecule has 0 aromatic heterocycles. The van der Waals surface area contributed by atoms with Gasteiger partial charge >= 0.3 is 0 Å². The highest BCUT2D eigenvalue weighted by Gasteiger charge is 1.98. The lowest BCUT2D eigenvalue weighted by Crippen LogP contribution is -1.94. The predicted molar refractivity (Wildman–Crippen MR) is 32.1 cm³/mol. The molecule has 0 amide bonds. The Hall–Kier alpha value is 0.700. The zero-order valence-electron chi connectivity index (χ0n) is 3.39. The minimum atomic E-state index is -0.111. The van der Waals surface area contributed by atoms with Crippen molar-refractivity contribution in [2.75, 3.05) is 0 Å². The molecular weight excluding hydrogens is 100 g/mol. The predicted octanol–water partition coefficient (Wildman–Crippen LogP) is 1.58. The van der Waals surface area contributed by atoms with E-state index >= 15 is 0 Å². The Morgan fingerprint density at radius 1 is 1.20 bits per heavy atom. The highest BCUT2D eigenvalue weighted by molar-refractivity contribution is 8.00. The standard InChI is InChI=1S/C3H8S2/c1-3(2,4)5/h4-5H,1-2H3. The first kappa shape index (κ1) is 5.70. The normalized spacial score (nSPS) is 12.0. The smallest absolute Gasteiger partial charge is 0.0495 e. The Labute approximate surface area is 43.8 Å². The molecule has 0 radical (unpaired) electrons. The topological polar surface area (TPSA) is 0 Å². The Balaban J connectivity index is 3.02. The Morgan fingerprint density at radius 3 is 1.20 bits per heavy atom. The molecular formula is C3H8S2. The lowest BCUT2D eigenvalue weighted by Gasteiger charge is -2.03. The molecule has 0 nitrogen and oxygen atoms in total. The van der Waals surface area contributed by atoms with E-state index < -0.39 is 0 Å². The molecule has 0 aliphatic rings. The fourth-order valence-electron chi connectivity index (χ4n) is 0. The van der Waals surface area contributed by atoms with Crippen LogP contribution in [0.25, 0.3) is 0 Å². The summed E-state index contributed by atoms with van der Waals surface area (Å²) in [6.45, 7) is 3.83. The van der Waals surface area contributed by atoms with E-state index in [0.29, 0.717) is 0 Å². The van der Waals surface area contributed by atoms with Crippen LogP contribution in [0.1, 0.15) is 13.8 Å². The summed E-state index contributed by atoms with van der Waals surface area (Å²) in [4.78, 5) is 0. The van der Waals surface area contributed by atoms with Crippen LogP contribution in [0.15, 0.2) is 0 Å². The molecule has 0 unspecified atom stereocenters. The first-order chi connectivity index (χ1) is 2.00. The summed E-state index contributed by atoms with van der Waals surface area (Å²) in [7, 11) is 0. The van der Waals surface area contributed by atoms with Crippen LogP contribution < -0.4 is 0 Å². The number of hydrogen-bond donors (Lipinski definition) is 2. The van der Waals surface area contributed by atoms with Gasteiger partial charge in [0.2, 0.25) is 0 Å². The highest BCUT2D eigenvalue weighted by atomic mass is 32.2. The van der Waals surface area contributed by atoms with Crippen molar-refractivity contribution in [2.45, 2.75) is 17.9 Å². The van der Waals surface area contributed by atoms with Crippen molar-refractivity contribution >= 4 is 25.3 Å². The third-order valence-corrected chi connectivity index (χ3v) is 0. The molecule has 0 fully saturated rings. The van der Waals surface area contributed by atoms with Crippen molar-refractivity contribution < 1.29 is 0 Å². The van der Waals surface area contributed by atoms with Crippen molar-refractivity contribution in [3.8, 4) is 0 Å². The Bertz CT molecular complexity index is 20.4. The van der Waals surface area contributed by atoms with E-state index in [1.54, 1.807) is 0 Å². The van der Waals surface area contributed by atoms with E-state index in [1.165, 1.54) is 0 Å². The molecule has 5 heavy (non-hydrogen) atoms. The van der Waals surface area contributed by atoms with Gasteiger partial charge in [-0.15, -0.1) is 0 Å². The van der Waals surface area contributed by atoms with Gasteiger partial charge in [-0.3, -0.25) is 0 Å². The van der Waals surface area contributed by atoms with Gasteiger partial charge in [0.1, 0.15) is 0 Å². The summed E-state index contributed by atoms with van der Waals surface area (Å²) in [5.41, 5.74) is 0. The second-order valence-corrected chi connectivity index (χ2v) is 4.08. The molecule has 0 saturated carbocycles. The molecule has 0 N–H and O–H groups in total. The van der Waals surface area contributed by atoms with Crippen LogP contribution in [-0.4, -0.2) is 4.08 Å². The molecule has 0 aromatic carbocycles. The quantitative estimate of drug-likeness (QED) is 0.341. The molecule has 32 valence electrons. The van der Waals surface area contributed by atoms with Crippen LogP contribution in [0.2, 0.25) is 0 Å². The average molecular weight is 108 g/mol. The largest absolute Gasteiger partial charge is 0.162 e. The second kappa shape index (κ2) is 1.43. The van der Waals surface area contributed by atoms with Crippen LogP contribution in [0.3, 0.4) is 0 Å². The maximum Gasteiger partial charge on any atom is 0.0495 e. The summed E-state index contributed by atoms with van der Waals surface area (Å²) in [6, 6.07) is 0. The number of rotatable bonds is 0. The summed E-state index contributed by atoms with van der Waals surface area (Å²) in [5, 5.41) is 0. The van der Waals surface area contributed by atoms with Crippen molar-refractivity contribution in [1.82, 2.24) is 0 Å². The summed E-state index contributed by atoms with van der Waals surface area (Å²) >= 11 is 7.97. The lowest BCUT2D eigenvalue weighted by molar-refractivity contribution is 1.05. The molecule has 0 heterocycles. The molecule has 0 saturated heterocycles. The zero-order chi connectivity index (χ0) is 4.50. The van der Waals surface area contributed by atoms with E-state index in [0.717, 1.165) is 0 Å². The van der Waals surface area contributed by atoms with E-state index in [2.05, 4.69) is 25.3 Å². The minimum absolute atomic E-state index is 0.111. The SMILES string of the molecule is CC(C)(S)S. The van der Waals surface area contributed by atoms with Gasteiger partial charge in [0.25, 0.3) is 0 Å². The van der Waals surface area contributed by atoms with Crippen LogP contribution in [-0.2, 0) is 0 Å².